The van der Waals surface area contributed by atoms with Crippen molar-refractivity contribution < 1.29 is 9.18 Å². The number of benzene rings is 2. The van der Waals surface area contributed by atoms with Gasteiger partial charge in [-0.25, -0.2) is 9.37 Å². The van der Waals surface area contributed by atoms with Gasteiger partial charge in [-0.2, -0.15) is 0 Å². The minimum absolute atomic E-state index is 0.187. The summed E-state index contributed by atoms with van der Waals surface area (Å²) in [5.41, 5.74) is 3.81. The van der Waals surface area contributed by atoms with E-state index in [0.29, 0.717) is 17.4 Å². The van der Waals surface area contributed by atoms with Gasteiger partial charge in [-0.1, -0.05) is 18.2 Å². The van der Waals surface area contributed by atoms with Crippen LogP contribution in [0, 0.1) is 5.82 Å². The summed E-state index contributed by atoms with van der Waals surface area (Å²) in [6.07, 6.45) is 0. The normalized spacial score (nSPS) is 16.8. The second kappa shape index (κ2) is 9.37. The molecule has 0 radical (unpaired) electrons. The number of aromatic nitrogens is 1. The molecule has 1 aliphatic rings. The number of piperazine rings is 1. The van der Waals surface area contributed by atoms with Gasteiger partial charge in [0.25, 0.3) is 5.91 Å². The molecule has 160 valence electrons. The van der Waals surface area contributed by atoms with E-state index in [1.165, 1.54) is 17.7 Å². The van der Waals surface area contributed by atoms with Gasteiger partial charge in [0.2, 0.25) is 0 Å². The van der Waals surface area contributed by atoms with E-state index in [2.05, 4.69) is 34.3 Å². The minimum Gasteiger partial charge on any atom is -0.312 e. The van der Waals surface area contributed by atoms with Crippen molar-refractivity contribution in [3.05, 3.63) is 83.8 Å². The van der Waals surface area contributed by atoms with Gasteiger partial charge in [0.1, 0.15) is 11.5 Å². The molecule has 0 saturated carbocycles. The van der Waals surface area contributed by atoms with E-state index in [1.807, 2.05) is 18.2 Å². The SMILES string of the molecule is C[C@H]1CN(Cc2ccc(N(C)C(=O)c3cccc(-c4ccc(F)cc4)n3)cc2)CCN1. The van der Waals surface area contributed by atoms with Gasteiger partial charge in [-0.15, -0.1) is 0 Å². The summed E-state index contributed by atoms with van der Waals surface area (Å²) in [4.78, 5) is 21.5. The number of carbonyl (C=O) groups is 1. The number of pyridine rings is 1. The molecule has 0 aliphatic carbocycles. The van der Waals surface area contributed by atoms with Crippen LogP contribution in [0.5, 0.6) is 0 Å². The molecule has 6 heteroatoms. The summed E-state index contributed by atoms with van der Waals surface area (Å²) in [6, 6.07) is 20.0. The Bertz CT molecular complexity index is 1040. The van der Waals surface area contributed by atoms with Crippen LogP contribution in [0.25, 0.3) is 11.3 Å². The van der Waals surface area contributed by atoms with Crippen molar-refractivity contribution in [3.63, 3.8) is 0 Å². The van der Waals surface area contributed by atoms with Crippen molar-refractivity contribution in [2.24, 2.45) is 0 Å². The zero-order valence-electron chi connectivity index (χ0n) is 17.9. The molecule has 1 aliphatic heterocycles. The summed E-state index contributed by atoms with van der Waals surface area (Å²) >= 11 is 0. The number of nitrogens with zero attached hydrogens (tertiary/aromatic N) is 3. The molecule has 0 spiro atoms. The first-order chi connectivity index (χ1) is 15.0. The summed E-state index contributed by atoms with van der Waals surface area (Å²) in [7, 11) is 1.75. The molecule has 31 heavy (non-hydrogen) atoms. The molecule has 0 unspecified atom stereocenters. The molecule has 1 atom stereocenters. The maximum atomic E-state index is 13.2. The molecular formula is C25H27FN4O. The minimum atomic E-state index is -0.300. The molecular weight excluding hydrogens is 391 g/mol. The molecule has 0 bridgehead atoms. The predicted octanol–water partition coefficient (Wildman–Crippen LogP) is 3.96. The lowest BCUT2D eigenvalue weighted by molar-refractivity contribution is 0.0988. The standard InChI is InChI=1S/C25H27FN4O/c1-18-16-30(15-14-27-18)17-19-6-12-22(13-7-19)29(2)25(31)24-5-3-4-23(28-24)20-8-10-21(26)11-9-20/h3-13,18,27H,14-17H2,1-2H3/t18-/m0/s1. The van der Waals surface area contributed by atoms with E-state index >= 15 is 0 Å². The van der Waals surface area contributed by atoms with Gasteiger partial charge in [0, 0.05) is 50.5 Å². The predicted molar refractivity (Wildman–Crippen MR) is 122 cm³/mol. The van der Waals surface area contributed by atoms with Crippen LogP contribution >= 0.6 is 0 Å². The second-order valence-corrected chi connectivity index (χ2v) is 8.04. The maximum absolute atomic E-state index is 13.2. The van der Waals surface area contributed by atoms with Gasteiger partial charge in [0.15, 0.2) is 0 Å². The highest BCUT2D eigenvalue weighted by molar-refractivity contribution is 6.04. The monoisotopic (exact) mass is 418 g/mol. The molecule has 1 aromatic heterocycles. The van der Waals surface area contributed by atoms with Crippen molar-refractivity contribution >= 4 is 11.6 Å². The van der Waals surface area contributed by atoms with Crippen LogP contribution in [0.1, 0.15) is 23.0 Å². The largest absolute Gasteiger partial charge is 0.312 e. The molecule has 3 aromatic rings. The lowest BCUT2D eigenvalue weighted by Crippen LogP contribution is -2.48. The Morgan fingerprint density at radius 2 is 1.87 bits per heavy atom. The first-order valence-corrected chi connectivity index (χ1v) is 10.6. The summed E-state index contributed by atoms with van der Waals surface area (Å²) in [6.45, 7) is 6.21. The third kappa shape index (κ3) is 5.16. The fourth-order valence-electron chi connectivity index (χ4n) is 3.86. The van der Waals surface area contributed by atoms with E-state index in [4.69, 9.17) is 0 Å². The number of hydrogen-bond acceptors (Lipinski definition) is 4. The molecule has 1 N–H and O–H groups in total. The zero-order chi connectivity index (χ0) is 21.8. The number of hydrogen-bond donors (Lipinski definition) is 1. The summed E-state index contributed by atoms with van der Waals surface area (Å²) < 4.78 is 13.2. The fraction of sp³-hybridized carbons (Fsp3) is 0.280. The Morgan fingerprint density at radius 3 is 2.58 bits per heavy atom. The molecule has 2 heterocycles. The van der Waals surface area contributed by atoms with Crippen LogP contribution in [-0.4, -0.2) is 48.5 Å². The van der Waals surface area contributed by atoms with E-state index in [0.717, 1.165) is 37.4 Å². The van der Waals surface area contributed by atoms with Crippen molar-refractivity contribution in [2.75, 3.05) is 31.6 Å². The summed E-state index contributed by atoms with van der Waals surface area (Å²) in [5, 5.41) is 3.46. The van der Waals surface area contributed by atoms with Crippen molar-refractivity contribution in [1.29, 1.82) is 0 Å². The topological polar surface area (TPSA) is 48.5 Å². The molecule has 4 rings (SSSR count). The Morgan fingerprint density at radius 1 is 1.13 bits per heavy atom. The number of carbonyl (C=O) groups excluding carboxylic acids is 1. The second-order valence-electron chi connectivity index (χ2n) is 8.04. The first-order valence-electron chi connectivity index (χ1n) is 10.6. The van der Waals surface area contributed by atoms with E-state index in [9.17, 15) is 9.18 Å². The number of nitrogens with one attached hydrogen (secondary N) is 1. The van der Waals surface area contributed by atoms with Crippen LogP contribution in [-0.2, 0) is 6.54 Å². The Labute approximate surface area is 182 Å². The number of rotatable bonds is 5. The number of halogens is 1. The lowest BCUT2D eigenvalue weighted by Gasteiger charge is -2.31. The van der Waals surface area contributed by atoms with Crippen LogP contribution in [0.3, 0.4) is 0 Å². The third-order valence-corrected chi connectivity index (χ3v) is 5.60. The lowest BCUT2D eigenvalue weighted by atomic mass is 10.1. The van der Waals surface area contributed by atoms with Gasteiger partial charge >= 0.3 is 0 Å². The van der Waals surface area contributed by atoms with Gasteiger partial charge in [-0.05, 0) is 61.0 Å². The third-order valence-electron chi connectivity index (χ3n) is 5.60. The zero-order valence-corrected chi connectivity index (χ0v) is 17.9. The molecule has 5 nitrogen and oxygen atoms in total. The highest BCUT2D eigenvalue weighted by Gasteiger charge is 2.17. The average Bonchev–Trinajstić information content (AvgIpc) is 2.79. The fourth-order valence-corrected chi connectivity index (χ4v) is 3.86. The van der Waals surface area contributed by atoms with Gasteiger partial charge in [-0.3, -0.25) is 9.69 Å². The van der Waals surface area contributed by atoms with E-state index in [1.54, 1.807) is 36.2 Å². The van der Waals surface area contributed by atoms with Crippen LogP contribution < -0.4 is 10.2 Å². The van der Waals surface area contributed by atoms with Crippen molar-refractivity contribution in [2.45, 2.75) is 19.5 Å². The maximum Gasteiger partial charge on any atom is 0.276 e. The van der Waals surface area contributed by atoms with Crippen molar-refractivity contribution in [3.8, 4) is 11.3 Å². The molecule has 1 saturated heterocycles. The highest BCUT2D eigenvalue weighted by Crippen LogP contribution is 2.21. The molecule has 2 aromatic carbocycles. The average molecular weight is 419 g/mol. The molecule has 1 amide bonds. The van der Waals surface area contributed by atoms with Gasteiger partial charge < -0.3 is 10.2 Å². The quantitative estimate of drug-likeness (QED) is 0.682. The Hall–Kier alpha value is -3.09. The highest BCUT2D eigenvalue weighted by atomic mass is 19.1. The van der Waals surface area contributed by atoms with E-state index in [-0.39, 0.29) is 11.7 Å². The Kier molecular flexibility index (Phi) is 6.39. The Balaban J connectivity index is 1.45. The smallest absolute Gasteiger partial charge is 0.276 e. The first kappa shape index (κ1) is 21.2. The van der Waals surface area contributed by atoms with E-state index < -0.39 is 0 Å². The van der Waals surface area contributed by atoms with Crippen molar-refractivity contribution in [1.82, 2.24) is 15.2 Å². The van der Waals surface area contributed by atoms with Gasteiger partial charge in [0.05, 0.1) is 5.69 Å². The molecule has 1 fully saturated rings. The summed E-state index contributed by atoms with van der Waals surface area (Å²) in [5.74, 6) is -0.488. The number of anilines is 1. The van der Waals surface area contributed by atoms with Crippen LogP contribution in [0.4, 0.5) is 10.1 Å². The van der Waals surface area contributed by atoms with Crippen LogP contribution in [0.2, 0.25) is 0 Å². The number of amides is 1. The van der Waals surface area contributed by atoms with Crippen LogP contribution in [0.15, 0.2) is 66.7 Å².